The molecular formula is C10H19N3O2. The minimum atomic E-state index is -0.328. The van der Waals surface area contributed by atoms with Gasteiger partial charge in [-0.15, -0.1) is 0 Å². The van der Waals surface area contributed by atoms with Gasteiger partial charge in [-0.05, 0) is 25.2 Å². The summed E-state index contributed by atoms with van der Waals surface area (Å²) in [5.41, 5.74) is 5.48. The molecule has 1 amide bonds. The van der Waals surface area contributed by atoms with Gasteiger partial charge in [0.05, 0.1) is 6.04 Å². The fraction of sp³-hybridized carbons (Fsp3) is 0.800. The highest BCUT2D eigenvalue weighted by molar-refractivity contribution is 5.89. The molecule has 0 saturated heterocycles. The van der Waals surface area contributed by atoms with Crippen LogP contribution >= 0.6 is 0 Å². The number of oxime groups is 1. The monoisotopic (exact) mass is 213 g/mol. The van der Waals surface area contributed by atoms with E-state index in [1.165, 1.54) is 0 Å². The number of hydrogen-bond acceptors (Lipinski definition) is 3. The van der Waals surface area contributed by atoms with E-state index >= 15 is 0 Å². The first-order valence-electron chi connectivity index (χ1n) is 5.44. The second-order valence-electron chi connectivity index (χ2n) is 4.08. The summed E-state index contributed by atoms with van der Waals surface area (Å²) >= 11 is 0. The maximum absolute atomic E-state index is 11.5. The van der Waals surface area contributed by atoms with Crippen molar-refractivity contribution in [2.45, 2.75) is 45.1 Å². The van der Waals surface area contributed by atoms with E-state index in [1.54, 1.807) is 0 Å². The predicted octanol–water partition coefficient (Wildman–Crippen LogP) is 0.818. The number of rotatable bonds is 6. The number of nitrogens with one attached hydrogen (secondary N) is 1. The van der Waals surface area contributed by atoms with Crippen molar-refractivity contribution in [1.29, 1.82) is 0 Å². The zero-order valence-electron chi connectivity index (χ0n) is 9.07. The van der Waals surface area contributed by atoms with Crippen LogP contribution < -0.4 is 11.1 Å². The Labute approximate surface area is 89.7 Å². The average Bonchev–Trinajstić information content (AvgIpc) is 2.99. The third-order valence-corrected chi connectivity index (χ3v) is 2.56. The molecule has 5 nitrogen and oxygen atoms in total. The van der Waals surface area contributed by atoms with Crippen molar-refractivity contribution in [3.05, 3.63) is 0 Å². The zero-order valence-corrected chi connectivity index (χ0v) is 9.07. The molecule has 1 unspecified atom stereocenters. The van der Waals surface area contributed by atoms with Crippen molar-refractivity contribution < 1.29 is 10.0 Å². The molecule has 0 radical (unpaired) electrons. The highest BCUT2D eigenvalue weighted by Crippen LogP contribution is 2.32. The predicted molar refractivity (Wildman–Crippen MR) is 57.6 cm³/mol. The summed E-state index contributed by atoms with van der Waals surface area (Å²) in [5, 5.41) is 14.3. The molecule has 5 heteroatoms. The standard InChI is InChI=1S/C10H19N3O2/c1-2-3-8(10(11)13-15)12-9(14)6-7-4-5-7/h7-8,15H,2-6H2,1H3,(H2,11,13)(H,12,14). The van der Waals surface area contributed by atoms with E-state index < -0.39 is 0 Å². The molecule has 0 bridgehead atoms. The number of hydrogen-bond donors (Lipinski definition) is 3. The normalized spacial score (nSPS) is 18.6. The van der Waals surface area contributed by atoms with Crippen molar-refractivity contribution in [2.24, 2.45) is 16.8 Å². The molecular weight excluding hydrogens is 194 g/mol. The van der Waals surface area contributed by atoms with Crippen LogP contribution in [0, 0.1) is 5.92 Å². The lowest BCUT2D eigenvalue weighted by atomic mass is 10.1. The smallest absolute Gasteiger partial charge is 0.220 e. The van der Waals surface area contributed by atoms with Crippen LogP contribution in [0.5, 0.6) is 0 Å². The lowest BCUT2D eigenvalue weighted by Gasteiger charge is -2.16. The van der Waals surface area contributed by atoms with Gasteiger partial charge >= 0.3 is 0 Å². The summed E-state index contributed by atoms with van der Waals surface area (Å²) in [6.07, 6.45) is 4.45. The number of amides is 1. The Hall–Kier alpha value is -1.26. The Morgan fingerprint density at radius 2 is 2.33 bits per heavy atom. The van der Waals surface area contributed by atoms with Gasteiger partial charge in [0.25, 0.3) is 0 Å². The number of carbonyl (C=O) groups excluding carboxylic acids is 1. The summed E-state index contributed by atoms with van der Waals surface area (Å²) in [6, 6.07) is -0.328. The number of carbonyl (C=O) groups is 1. The highest BCUT2D eigenvalue weighted by Gasteiger charge is 2.25. The Kier molecular flexibility index (Phi) is 4.39. The highest BCUT2D eigenvalue weighted by atomic mass is 16.4. The summed E-state index contributed by atoms with van der Waals surface area (Å²) in [7, 11) is 0. The fourth-order valence-corrected chi connectivity index (χ4v) is 1.49. The number of amidine groups is 1. The van der Waals surface area contributed by atoms with Crippen molar-refractivity contribution in [1.82, 2.24) is 5.32 Å². The van der Waals surface area contributed by atoms with Gasteiger partial charge < -0.3 is 16.3 Å². The van der Waals surface area contributed by atoms with E-state index in [0.717, 1.165) is 19.3 Å². The Morgan fingerprint density at radius 1 is 1.67 bits per heavy atom. The second kappa shape index (κ2) is 5.58. The van der Waals surface area contributed by atoms with Crippen LogP contribution in [0.15, 0.2) is 5.16 Å². The van der Waals surface area contributed by atoms with Crippen LogP contribution in [0.2, 0.25) is 0 Å². The minimum Gasteiger partial charge on any atom is -0.409 e. The molecule has 0 aromatic heterocycles. The van der Waals surface area contributed by atoms with E-state index in [2.05, 4.69) is 10.5 Å². The lowest BCUT2D eigenvalue weighted by Crippen LogP contribution is -2.44. The third kappa shape index (κ3) is 4.18. The molecule has 1 fully saturated rings. The molecule has 0 aromatic rings. The largest absolute Gasteiger partial charge is 0.409 e. The Morgan fingerprint density at radius 3 is 2.80 bits per heavy atom. The first-order chi connectivity index (χ1) is 7.17. The van der Waals surface area contributed by atoms with Gasteiger partial charge in [0, 0.05) is 6.42 Å². The minimum absolute atomic E-state index is 0.00236. The molecule has 86 valence electrons. The van der Waals surface area contributed by atoms with E-state index in [0.29, 0.717) is 18.8 Å². The summed E-state index contributed by atoms with van der Waals surface area (Å²) in [5.74, 6) is 0.642. The van der Waals surface area contributed by atoms with Crippen LogP contribution in [-0.4, -0.2) is 23.0 Å². The van der Waals surface area contributed by atoms with Gasteiger partial charge in [-0.2, -0.15) is 0 Å². The Balaban J connectivity index is 2.37. The van der Waals surface area contributed by atoms with Gasteiger partial charge in [0.15, 0.2) is 5.84 Å². The third-order valence-electron chi connectivity index (χ3n) is 2.56. The van der Waals surface area contributed by atoms with Crippen LogP contribution in [-0.2, 0) is 4.79 Å². The quantitative estimate of drug-likeness (QED) is 0.264. The van der Waals surface area contributed by atoms with Crippen molar-refractivity contribution in [2.75, 3.05) is 0 Å². The molecule has 1 rings (SSSR count). The maximum atomic E-state index is 11.5. The van der Waals surface area contributed by atoms with Gasteiger partial charge in [-0.3, -0.25) is 4.79 Å². The SMILES string of the molecule is CCCC(NC(=O)CC1CC1)C(N)=NO. The summed E-state index contributed by atoms with van der Waals surface area (Å²) in [6.45, 7) is 1.99. The van der Waals surface area contributed by atoms with Crippen molar-refractivity contribution in [3.63, 3.8) is 0 Å². The second-order valence-corrected chi connectivity index (χ2v) is 4.08. The molecule has 1 aliphatic carbocycles. The van der Waals surface area contributed by atoms with E-state index in [9.17, 15) is 4.79 Å². The first-order valence-corrected chi connectivity index (χ1v) is 5.44. The Bertz CT molecular complexity index is 249. The zero-order chi connectivity index (χ0) is 11.3. The topological polar surface area (TPSA) is 87.7 Å². The molecule has 0 aliphatic heterocycles. The lowest BCUT2D eigenvalue weighted by molar-refractivity contribution is -0.121. The first kappa shape index (κ1) is 11.8. The molecule has 1 aliphatic rings. The molecule has 1 saturated carbocycles. The number of nitrogens with two attached hydrogens (primary N) is 1. The molecule has 0 heterocycles. The number of nitrogens with zero attached hydrogens (tertiary/aromatic N) is 1. The van der Waals surface area contributed by atoms with Crippen molar-refractivity contribution >= 4 is 11.7 Å². The molecule has 0 aromatic carbocycles. The van der Waals surface area contributed by atoms with E-state index in [1.807, 2.05) is 6.92 Å². The van der Waals surface area contributed by atoms with Gasteiger partial charge in [0.1, 0.15) is 0 Å². The summed E-state index contributed by atoms with van der Waals surface area (Å²) in [4.78, 5) is 11.5. The molecule has 1 atom stereocenters. The van der Waals surface area contributed by atoms with Crippen LogP contribution in [0.1, 0.15) is 39.0 Å². The van der Waals surface area contributed by atoms with Crippen LogP contribution in [0.25, 0.3) is 0 Å². The molecule has 15 heavy (non-hydrogen) atoms. The van der Waals surface area contributed by atoms with Crippen molar-refractivity contribution in [3.8, 4) is 0 Å². The average molecular weight is 213 g/mol. The maximum Gasteiger partial charge on any atom is 0.220 e. The molecule has 4 N–H and O–H groups in total. The molecule has 0 spiro atoms. The summed E-state index contributed by atoms with van der Waals surface area (Å²) < 4.78 is 0. The van der Waals surface area contributed by atoms with Crippen LogP contribution in [0.4, 0.5) is 0 Å². The van der Waals surface area contributed by atoms with E-state index in [-0.39, 0.29) is 17.8 Å². The van der Waals surface area contributed by atoms with Gasteiger partial charge in [-0.25, -0.2) is 0 Å². The fourth-order valence-electron chi connectivity index (χ4n) is 1.49. The van der Waals surface area contributed by atoms with Crippen LogP contribution in [0.3, 0.4) is 0 Å². The van der Waals surface area contributed by atoms with Gasteiger partial charge in [0.2, 0.25) is 5.91 Å². The van der Waals surface area contributed by atoms with E-state index in [4.69, 9.17) is 10.9 Å². The van der Waals surface area contributed by atoms with Gasteiger partial charge in [-0.1, -0.05) is 18.5 Å².